The third kappa shape index (κ3) is 6.51. The predicted molar refractivity (Wildman–Crippen MR) is 150 cm³/mol. The average Bonchev–Trinajstić information content (AvgIpc) is 3.10. The molecule has 0 spiro atoms. The molecule has 7 heteroatoms. The van der Waals surface area contributed by atoms with Crippen molar-refractivity contribution in [2.75, 3.05) is 20.8 Å². The van der Waals surface area contributed by atoms with E-state index in [1.165, 1.54) is 21.9 Å². The lowest BCUT2D eigenvalue weighted by molar-refractivity contribution is 0.0225. The predicted octanol–water partition coefficient (Wildman–Crippen LogP) is 7.91. The highest BCUT2D eigenvalue weighted by Gasteiger charge is 2.38. The van der Waals surface area contributed by atoms with Crippen molar-refractivity contribution in [3.63, 3.8) is 0 Å². The van der Waals surface area contributed by atoms with Crippen LogP contribution in [0.5, 0.6) is 5.75 Å². The molecule has 0 bridgehead atoms. The molecular formula is C29H32Cl2N2O2S. The Morgan fingerprint density at radius 1 is 0.917 bits per heavy atom. The van der Waals surface area contributed by atoms with Crippen molar-refractivity contribution >= 4 is 35.0 Å². The van der Waals surface area contributed by atoms with Crippen LogP contribution in [0.3, 0.4) is 0 Å². The zero-order valence-electron chi connectivity index (χ0n) is 21.1. The monoisotopic (exact) mass is 542 g/mol. The molecule has 1 heterocycles. The third-order valence-electron chi connectivity index (χ3n) is 6.15. The Labute approximate surface area is 228 Å². The first-order valence-electron chi connectivity index (χ1n) is 12.0. The standard InChI is InChI=1S/C29H32Cl2N2O2S/c1-20(2)28-29(36-26-15-23(30)14-24(31)16-26)33(17-21-10-12-25(34-4)13-11-21)27(32(28)3)19-35-18-22-8-6-5-7-9-22/h5-16,20,27H,17-19H2,1-4H3. The van der Waals surface area contributed by atoms with E-state index in [1.54, 1.807) is 24.9 Å². The highest BCUT2D eigenvalue weighted by molar-refractivity contribution is 8.03. The summed E-state index contributed by atoms with van der Waals surface area (Å²) in [5, 5.41) is 2.45. The molecule has 3 aromatic carbocycles. The molecule has 1 aliphatic heterocycles. The zero-order valence-corrected chi connectivity index (χ0v) is 23.4. The first kappa shape index (κ1) is 26.7. The number of rotatable bonds is 10. The van der Waals surface area contributed by atoms with Gasteiger partial charge in [0.1, 0.15) is 11.9 Å². The minimum absolute atomic E-state index is 0.0466. The van der Waals surface area contributed by atoms with E-state index in [0.29, 0.717) is 29.2 Å². The van der Waals surface area contributed by atoms with Crippen LogP contribution in [0.25, 0.3) is 0 Å². The van der Waals surface area contributed by atoms with Gasteiger partial charge in [0.05, 0.1) is 25.4 Å². The lowest BCUT2D eigenvalue weighted by Crippen LogP contribution is -2.42. The highest BCUT2D eigenvalue weighted by atomic mass is 35.5. The molecule has 0 saturated heterocycles. The van der Waals surface area contributed by atoms with E-state index in [9.17, 15) is 0 Å². The van der Waals surface area contributed by atoms with Gasteiger partial charge in [0.25, 0.3) is 0 Å². The van der Waals surface area contributed by atoms with E-state index in [2.05, 4.69) is 55.0 Å². The summed E-state index contributed by atoms with van der Waals surface area (Å²) >= 11 is 14.4. The number of hydrogen-bond acceptors (Lipinski definition) is 5. The van der Waals surface area contributed by atoms with Gasteiger partial charge in [-0.2, -0.15) is 0 Å². The summed E-state index contributed by atoms with van der Waals surface area (Å²) in [6.45, 7) is 6.34. The zero-order chi connectivity index (χ0) is 25.7. The van der Waals surface area contributed by atoms with Crippen molar-refractivity contribution in [3.05, 3.63) is 105 Å². The fourth-order valence-corrected chi connectivity index (χ4v) is 6.47. The number of halogens is 2. The number of nitrogens with zero attached hydrogens (tertiary/aromatic N) is 2. The Balaban J connectivity index is 1.64. The smallest absolute Gasteiger partial charge is 0.126 e. The number of ether oxygens (including phenoxy) is 2. The van der Waals surface area contributed by atoms with Gasteiger partial charge in [0.15, 0.2) is 0 Å². The van der Waals surface area contributed by atoms with Crippen LogP contribution in [0.4, 0.5) is 0 Å². The summed E-state index contributed by atoms with van der Waals surface area (Å²) in [5.41, 5.74) is 3.64. The van der Waals surface area contributed by atoms with Gasteiger partial charge in [-0.05, 0) is 47.4 Å². The SMILES string of the molecule is COc1ccc(CN2C(Sc3cc(Cl)cc(Cl)c3)=C(C(C)C)N(C)C2COCc2ccccc2)cc1. The van der Waals surface area contributed by atoms with Crippen LogP contribution in [0.1, 0.15) is 25.0 Å². The molecule has 190 valence electrons. The first-order chi connectivity index (χ1) is 17.4. The molecule has 1 atom stereocenters. The fraction of sp³-hybridized carbons (Fsp3) is 0.310. The lowest BCUT2D eigenvalue weighted by atomic mass is 10.1. The van der Waals surface area contributed by atoms with Crippen LogP contribution in [0.15, 0.2) is 88.4 Å². The maximum absolute atomic E-state index is 6.34. The van der Waals surface area contributed by atoms with Crippen LogP contribution < -0.4 is 4.74 Å². The summed E-state index contributed by atoms with van der Waals surface area (Å²) < 4.78 is 11.6. The molecule has 3 aromatic rings. The van der Waals surface area contributed by atoms with Gasteiger partial charge in [-0.3, -0.25) is 0 Å². The number of hydrogen-bond donors (Lipinski definition) is 0. The molecule has 0 aromatic heterocycles. The van der Waals surface area contributed by atoms with E-state index >= 15 is 0 Å². The molecule has 1 aliphatic rings. The summed E-state index contributed by atoms with van der Waals surface area (Å²) in [6, 6.07) is 24.2. The molecular weight excluding hydrogens is 511 g/mol. The number of allylic oxidation sites excluding steroid dienone is 1. The summed E-state index contributed by atoms with van der Waals surface area (Å²) in [4.78, 5) is 5.80. The molecule has 0 N–H and O–H groups in total. The van der Waals surface area contributed by atoms with Crippen molar-refractivity contribution in [3.8, 4) is 5.75 Å². The van der Waals surface area contributed by atoms with Gasteiger partial charge in [-0.25, -0.2) is 0 Å². The first-order valence-corrected chi connectivity index (χ1v) is 13.5. The number of methoxy groups -OCH3 is 1. The molecule has 0 saturated carbocycles. The van der Waals surface area contributed by atoms with Crippen molar-refractivity contribution in [1.29, 1.82) is 0 Å². The fourth-order valence-electron chi connectivity index (χ4n) is 4.43. The second-order valence-electron chi connectivity index (χ2n) is 9.12. The van der Waals surface area contributed by atoms with Crippen molar-refractivity contribution in [2.24, 2.45) is 5.92 Å². The Morgan fingerprint density at radius 2 is 1.58 bits per heavy atom. The van der Waals surface area contributed by atoms with Crippen molar-refractivity contribution in [2.45, 2.75) is 38.1 Å². The minimum atomic E-state index is 0.0466. The second-order valence-corrected chi connectivity index (χ2v) is 11.1. The van der Waals surface area contributed by atoms with Crippen molar-refractivity contribution < 1.29 is 9.47 Å². The van der Waals surface area contributed by atoms with E-state index in [-0.39, 0.29) is 6.17 Å². The van der Waals surface area contributed by atoms with E-state index in [4.69, 9.17) is 32.7 Å². The molecule has 4 rings (SSSR count). The summed E-state index contributed by atoms with van der Waals surface area (Å²) in [6.07, 6.45) is 0.0466. The van der Waals surface area contributed by atoms with Crippen LogP contribution in [0, 0.1) is 5.92 Å². The van der Waals surface area contributed by atoms with E-state index < -0.39 is 0 Å². The Morgan fingerprint density at radius 3 is 2.19 bits per heavy atom. The van der Waals surface area contributed by atoms with Crippen LogP contribution in [0.2, 0.25) is 10.0 Å². The molecule has 0 fully saturated rings. The van der Waals surface area contributed by atoms with Gasteiger partial charge in [-0.15, -0.1) is 0 Å². The molecule has 0 aliphatic carbocycles. The second kappa shape index (κ2) is 12.3. The topological polar surface area (TPSA) is 24.9 Å². The molecule has 0 radical (unpaired) electrons. The van der Waals surface area contributed by atoms with Crippen LogP contribution in [-0.4, -0.2) is 36.7 Å². The minimum Gasteiger partial charge on any atom is -0.497 e. The Bertz CT molecular complexity index is 1170. The Hall–Kier alpha value is -2.31. The van der Waals surface area contributed by atoms with Crippen LogP contribution >= 0.6 is 35.0 Å². The highest BCUT2D eigenvalue weighted by Crippen LogP contribution is 2.44. The van der Waals surface area contributed by atoms with Gasteiger partial charge in [-0.1, -0.05) is 91.3 Å². The maximum atomic E-state index is 6.34. The van der Waals surface area contributed by atoms with E-state index in [1.807, 2.05) is 42.5 Å². The molecule has 4 nitrogen and oxygen atoms in total. The summed E-state index contributed by atoms with van der Waals surface area (Å²) in [5.74, 6) is 1.17. The third-order valence-corrected chi connectivity index (χ3v) is 7.70. The normalized spacial score (nSPS) is 15.8. The van der Waals surface area contributed by atoms with Gasteiger partial charge < -0.3 is 19.3 Å². The molecule has 0 amide bonds. The van der Waals surface area contributed by atoms with Gasteiger partial charge >= 0.3 is 0 Å². The average molecular weight is 544 g/mol. The quantitative estimate of drug-likeness (QED) is 0.259. The number of benzene rings is 3. The van der Waals surface area contributed by atoms with E-state index in [0.717, 1.165) is 17.2 Å². The molecule has 36 heavy (non-hydrogen) atoms. The van der Waals surface area contributed by atoms with Crippen LogP contribution in [-0.2, 0) is 17.9 Å². The summed E-state index contributed by atoms with van der Waals surface area (Å²) in [7, 11) is 3.85. The maximum Gasteiger partial charge on any atom is 0.126 e. The van der Waals surface area contributed by atoms with Gasteiger partial charge in [0.2, 0.25) is 0 Å². The Kier molecular flexibility index (Phi) is 9.13. The molecule has 1 unspecified atom stereocenters. The van der Waals surface area contributed by atoms with Gasteiger partial charge in [0, 0.05) is 34.2 Å². The largest absolute Gasteiger partial charge is 0.497 e. The van der Waals surface area contributed by atoms with Crippen molar-refractivity contribution in [1.82, 2.24) is 9.80 Å². The number of thioether (sulfide) groups is 1. The number of likely N-dealkylation sites (N-methyl/N-ethyl adjacent to an activating group) is 1. The lowest BCUT2D eigenvalue weighted by Gasteiger charge is -2.33.